The zero-order chi connectivity index (χ0) is 24.2. The van der Waals surface area contributed by atoms with Crippen molar-refractivity contribution in [3.63, 3.8) is 0 Å². The summed E-state index contributed by atoms with van der Waals surface area (Å²) in [4.78, 5) is 0. The molecule has 2 aromatic carbocycles. The van der Waals surface area contributed by atoms with Crippen LogP contribution in [-0.2, 0) is 12.8 Å². The van der Waals surface area contributed by atoms with Crippen molar-refractivity contribution in [3.05, 3.63) is 59.7 Å². The molecule has 0 aliphatic carbocycles. The van der Waals surface area contributed by atoms with Gasteiger partial charge < -0.3 is 14.9 Å². The van der Waals surface area contributed by atoms with E-state index in [4.69, 9.17) is 14.9 Å². The summed E-state index contributed by atoms with van der Waals surface area (Å²) in [5, 5.41) is 15.2. The van der Waals surface area contributed by atoms with E-state index in [0.29, 0.717) is 0 Å². The molecule has 0 amide bonds. The van der Waals surface area contributed by atoms with Crippen LogP contribution < -0.4 is 4.74 Å². The summed E-state index contributed by atoms with van der Waals surface area (Å²) in [6.07, 6.45) is 17.0. The number of ether oxygens (including phenoxy) is 1. The summed E-state index contributed by atoms with van der Waals surface area (Å²) in [7, 11) is 0. The van der Waals surface area contributed by atoms with Crippen molar-refractivity contribution in [1.29, 1.82) is 0 Å². The molecule has 0 aliphatic rings. The van der Waals surface area contributed by atoms with Gasteiger partial charge in [-0.3, -0.25) is 0 Å². The second kappa shape index (κ2) is 19.6. The number of aryl methyl sites for hydroxylation is 2. The van der Waals surface area contributed by atoms with Gasteiger partial charge >= 0.3 is 0 Å². The Labute approximate surface area is 203 Å². The van der Waals surface area contributed by atoms with Crippen molar-refractivity contribution in [2.45, 2.75) is 117 Å². The van der Waals surface area contributed by atoms with E-state index in [1.807, 2.05) is 0 Å². The highest BCUT2D eigenvalue weighted by molar-refractivity contribution is 5.41. The number of benzene rings is 2. The van der Waals surface area contributed by atoms with Gasteiger partial charge in [-0.05, 0) is 55.9 Å². The van der Waals surface area contributed by atoms with Crippen LogP contribution in [0.1, 0.15) is 109 Å². The van der Waals surface area contributed by atoms with Crippen LogP contribution in [0.4, 0.5) is 0 Å². The number of aliphatic hydroxyl groups is 2. The first-order valence-electron chi connectivity index (χ1n) is 13.3. The minimum absolute atomic E-state index is 1.04. The molecule has 2 rings (SSSR count). The first kappa shape index (κ1) is 29.2. The Morgan fingerprint density at radius 2 is 0.909 bits per heavy atom. The molecule has 0 radical (unpaired) electrons. The van der Waals surface area contributed by atoms with E-state index >= 15 is 0 Å². The minimum Gasteiger partial charge on any atom is -0.457 e. The van der Waals surface area contributed by atoms with E-state index in [9.17, 15) is 0 Å². The number of hydrogen-bond acceptors (Lipinski definition) is 3. The lowest BCUT2D eigenvalue weighted by Crippen LogP contribution is -1.96. The Hall–Kier alpha value is -1.84. The van der Waals surface area contributed by atoms with Crippen molar-refractivity contribution in [1.82, 2.24) is 0 Å². The molecule has 0 aromatic heterocycles. The van der Waals surface area contributed by atoms with E-state index in [1.54, 1.807) is 0 Å². The summed E-state index contributed by atoms with van der Waals surface area (Å²) < 4.78 is 6.43. The van der Waals surface area contributed by atoms with Gasteiger partial charge in [0, 0.05) is 0 Å². The van der Waals surface area contributed by atoms with Gasteiger partial charge in [0.2, 0.25) is 0 Å². The standard InChI is InChI=1S/C28H42O.C2H6O2/c1-3-5-7-9-11-13-19-25-21-15-17-23-27(25)29-28-24-18-16-22-26(28)20-14-12-10-8-6-4-2;1-2(3)4/h15-18,21-24H,3-14,19-20H2,1-2H3;2-4H,1H3. The molecule has 2 aromatic rings. The highest BCUT2D eigenvalue weighted by Crippen LogP contribution is 2.30. The van der Waals surface area contributed by atoms with Crippen LogP contribution in [0.2, 0.25) is 0 Å². The van der Waals surface area contributed by atoms with Crippen LogP contribution in [0, 0.1) is 0 Å². The van der Waals surface area contributed by atoms with Gasteiger partial charge in [0.05, 0.1) is 0 Å². The summed E-state index contributed by atoms with van der Waals surface area (Å²) in [6, 6.07) is 17.2. The molecule has 186 valence electrons. The van der Waals surface area contributed by atoms with Crippen LogP contribution >= 0.6 is 0 Å². The maximum absolute atomic E-state index is 7.61. The van der Waals surface area contributed by atoms with Gasteiger partial charge in [-0.1, -0.05) is 114 Å². The fourth-order valence-corrected chi connectivity index (χ4v) is 3.93. The number of hydrogen-bond donors (Lipinski definition) is 2. The summed E-state index contributed by atoms with van der Waals surface area (Å²) in [6.45, 7) is 5.83. The van der Waals surface area contributed by atoms with Crippen LogP contribution in [-0.4, -0.2) is 16.5 Å². The second-order valence-electron chi connectivity index (χ2n) is 8.98. The van der Waals surface area contributed by atoms with Crippen molar-refractivity contribution in [2.24, 2.45) is 0 Å². The first-order valence-corrected chi connectivity index (χ1v) is 13.3. The van der Waals surface area contributed by atoms with Gasteiger partial charge in [0.25, 0.3) is 0 Å². The normalized spacial score (nSPS) is 10.7. The fraction of sp³-hybridized carbons (Fsp3) is 0.600. The van der Waals surface area contributed by atoms with E-state index < -0.39 is 6.29 Å². The molecule has 0 atom stereocenters. The van der Waals surface area contributed by atoms with Gasteiger partial charge in [-0.15, -0.1) is 0 Å². The lowest BCUT2D eigenvalue weighted by molar-refractivity contribution is -0.0228. The third kappa shape index (κ3) is 14.8. The molecule has 0 heterocycles. The van der Waals surface area contributed by atoms with E-state index in [1.165, 1.54) is 95.1 Å². The Kier molecular flexibility index (Phi) is 17.4. The van der Waals surface area contributed by atoms with Crippen molar-refractivity contribution in [3.8, 4) is 11.5 Å². The molecule has 0 fully saturated rings. The maximum Gasteiger partial charge on any atom is 0.148 e. The molecule has 0 saturated carbocycles. The van der Waals surface area contributed by atoms with Gasteiger partial charge in [0.15, 0.2) is 0 Å². The molecule has 0 bridgehead atoms. The molecular formula is C30H48O3. The van der Waals surface area contributed by atoms with E-state index in [0.717, 1.165) is 24.3 Å². The largest absolute Gasteiger partial charge is 0.457 e. The molecule has 0 unspecified atom stereocenters. The highest BCUT2D eigenvalue weighted by atomic mass is 16.5. The zero-order valence-corrected chi connectivity index (χ0v) is 21.4. The first-order chi connectivity index (χ1) is 16.1. The number of aliphatic hydroxyl groups excluding tert-OH is 1. The zero-order valence-electron chi connectivity index (χ0n) is 21.4. The van der Waals surface area contributed by atoms with Crippen LogP contribution in [0.3, 0.4) is 0 Å². The number of unbranched alkanes of at least 4 members (excludes halogenated alkanes) is 10. The molecule has 0 saturated heterocycles. The smallest absolute Gasteiger partial charge is 0.148 e. The predicted octanol–water partition coefficient (Wildman–Crippen LogP) is 8.60. The molecule has 3 heteroatoms. The van der Waals surface area contributed by atoms with Gasteiger partial charge in [-0.25, -0.2) is 0 Å². The fourth-order valence-electron chi connectivity index (χ4n) is 3.93. The minimum atomic E-state index is -1.17. The maximum atomic E-state index is 7.61. The lowest BCUT2D eigenvalue weighted by Gasteiger charge is -2.14. The average molecular weight is 457 g/mol. The number of rotatable bonds is 16. The van der Waals surface area contributed by atoms with Crippen molar-refractivity contribution in [2.75, 3.05) is 0 Å². The van der Waals surface area contributed by atoms with E-state index in [-0.39, 0.29) is 0 Å². The Balaban J connectivity index is 0.00000125. The second-order valence-corrected chi connectivity index (χ2v) is 8.98. The van der Waals surface area contributed by atoms with Crippen molar-refractivity contribution < 1.29 is 14.9 Å². The van der Waals surface area contributed by atoms with Gasteiger partial charge in [0.1, 0.15) is 17.8 Å². The van der Waals surface area contributed by atoms with E-state index in [2.05, 4.69) is 62.4 Å². The SMILES string of the molecule is CC(O)O.CCCCCCCCc1ccccc1Oc1ccccc1CCCCCCCC. The van der Waals surface area contributed by atoms with Crippen LogP contribution in [0.15, 0.2) is 48.5 Å². The quantitative estimate of drug-likeness (QED) is 0.196. The third-order valence-corrected chi connectivity index (χ3v) is 5.76. The molecule has 0 spiro atoms. The van der Waals surface area contributed by atoms with Crippen molar-refractivity contribution >= 4 is 0 Å². The predicted molar refractivity (Wildman–Crippen MR) is 141 cm³/mol. The summed E-state index contributed by atoms with van der Waals surface area (Å²) >= 11 is 0. The Morgan fingerprint density at radius 3 is 1.30 bits per heavy atom. The summed E-state index contributed by atoms with van der Waals surface area (Å²) in [5.74, 6) is 2.08. The number of para-hydroxylation sites is 2. The van der Waals surface area contributed by atoms with Crippen LogP contribution in [0.25, 0.3) is 0 Å². The molecule has 0 aliphatic heterocycles. The summed E-state index contributed by atoms with van der Waals surface area (Å²) in [5.41, 5.74) is 2.69. The molecular weight excluding hydrogens is 408 g/mol. The topological polar surface area (TPSA) is 49.7 Å². The molecule has 33 heavy (non-hydrogen) atoms. The lowest BCUT2D eigenvalue weighted by atomic mass is 10.0. The third-order valence-electron chi connectivity index (χ3n) is 5.76. The Bertz CT molecular complexity index is 651. The van der Waals surface area contributed by atoms with Gasteiger partial charge in [-0.2, -0.15) is 0 Å². The molecule has 2 N–H and O–H groups in total. The monoisotopic (exact) mass is 456 g/mol. The molecule has 3 nitrogen and oxygen atoms in total. The Morgan fingerprint density at radius 1 is 0.576 bits per heavy atom. The highest BCUT2D eigenvalue weighted by Gasteiger charge is 2.08. The average Bonchev–Trinajstić information content (AvgIpc) is 2.80. The van der Waals surface area contributed by atoms with Crippen LogP contribution in [0.5, 0.6) is 11.5 Å².